The fraction of sp³-hybridized carbons (Fsp3) is 0.462. The second-order valence-corrected chi connectivity index (χ2v) is 5.42. The lowest BCUT2D eigenvalue weighted by Crippen LogP contribution is -2.32. The van der Waals surface area contributed by atoms with Gasteiger partial charge < -0.3 is 10.2 Å². The molecule has 3 nitrogen and oxygen atoms in total. The summed E-state index contributed by atoms with van der Waals surface area (Å²) in [5.74, 6) is 0. The minimum atomic E-state index is 0.00940. The molecular formula is C13H17BrN2O. The molecule has 1 aliphatic heterocycles. The van der Waals surface area contributed by atoms with E-state index in [1.54, 1.807) is 0 Å². The van der Waals surface area contributed by atoms with Crippen LogP contribution in [0.3, 0.4) is 0 Å². The summed E-state index contributed by atoms with van der Waals surface area (Å²) in [6.07, 6.45) is 2.23. The molecule has 0 unspecified atom stereocenters. The molecule has 1 N–H and O–H groups in total. The third-order valence-electron chi connectivity index (χ3n) is 3.06. The van der Waals surface area contributed by atoms with Crippen LogP contribution in [0.5, 0.6) is 0 Å². The highest BCUT2D eigenvalue weighted by molar-refractivity contribution is 9.10. The van der Waals surface area contributed by atoms with Crippen LogP contribution in [0.2, 0.25) is 0 Å². The molecule has 1 aliphatic rings. The Morgan fingerprint density at radius 1 is 1.29 bits per heavy atom. The molecule has 1 saturated heterocycles. The van der Waals surface area contributed by atoms with Crippen molar-refractivity contribution in [2.24, 2.45) is 0 Å². The van der Waals surface area contributed by atoms with Gasteiger partial charge in [-0.15, -0.1) is 0 Å². The zero-order valence-electron chi connectivity index (χ0n) is 10.2. The number of halogens is 1. The lowest BCUT2D eigenvalue weighted by atomic mass is 10.1. The number of carbonyl (C=O) groups excluding carboxylic acids is 1. The Balaban J connectivity index is 2.15. The Kier molecular flexibility index (Phi) is 3.72. The highest BCUT2D eigenvalue weighted by Crippen LogP contribution is 2.28. The lowest BCUT2D eigenvalue weighted by molar-refractivity contribution is 0.222. The highest BCUT2D eigenvalue weighted by atomic mass is 79.9. The number of hydrogen-bond acceptors (Lipinski definition) is 1. The summed E-state index contributed by atoms with van der Waals surface area (Å²) in [4.78, 5) is 13.9. The van der Waals surface area contributed by atoms with E-state index in [0.717, 1.165) is 41.7 Å². The van der Waals surface area contributed by atoms with Crippen molar-refractivity contribution in [1.82, 2.24) is 4.90 Å². The fourth-order valence-corrected chi connectivity index (χ4v) is 2.95. The molecule has 1 aromatic rings. The summed E-state index contributed by atoms with van der Waals surface area (Å²) in [5, 5.41) is 2.99. The summed E-state index contributed by atoms with van der Waals surface area (Å²) in [6.45, 7) is 5.80. The van der Waals surface area contributed by atoms with Gasteiger partial charge >= 0.3 is 6.03 Å². The van der Waals surface area contributed by atoms with Crippen molar-refractivity contribution in [2.75, 3.05) is 18.4 Å². The maximum Gasteiger partial charge on any atom is 0.321 e. The Labute approximate surface area is 110 Å². The maximum absolute atomic E-state index is 12.0. The van der Waals surface area contributed by atoms with Gasteiger partial charge in [-0.3, -0.25) is 0 Å². The summed E-state index contributed by atoms with van der Waals surface area (Å²) < 4.78 is 0.947. The first-order chi connectivity index (χ1) is 8.08. The van der Waals surface area contributed by atoms with Crippen molar-refractivity contribution >= 4 is 27.6 Å². The van der Waals surface area contributed by atoms with E-state index in [9.17, 15) is 4.79 Å². The van der Waals surface area contributed by atoms with Crippen LogP contribution in [0.25, 0.3) is 0 Å². The number of rotatable bonds is 1. The molecule has 4 heteroatoms. The van der Waals surface area contributed by atoms with Gasteiger partial charge in [-0.2, -0.15) is 0 Å². The first-order valence-electron chi connectivity index (χ1n) is 5.90. The van der Waals surface area contributed by atoms with Crippen molar-refractivity contribution < 1.29 is 4.79 Å². The topological polar surface area (TPSA) is 32.3 Å². The molecule has 0 spiro atoms. The number of anilines is 1. The Bertz CT molecular complexity index is 416. The van der Waals surface area contributed by atoms with Gasteiger partial charge in [-0.25, -0.2) is 4.79 Å². The van der Waals surface area contributed by atoms with E-state index < -0.39 is 0 Å². The van der Waals surface area contributed by atoms with Crippen LogP contribution < -0.4 is 5.32 Å². The van der Waals surface area contributed by atoms with E-state index in [-0.39, 0.29) is 6.03 Å². The minimum absolute atomic E-state index is 0.00940. The first kappa shape index (κ1) is 12.4. The van der Waals surface area contributed by atoms with Gasteiger partial charge in [0, 0.05) is 17.6 Å². The second-order valence-electron chi connectivity index (χ2n) is 4.56. The lowest BCUT2D eigenvalue weighted by Gasteiger charge is -2.18. The normalized spacial score (nSPS) is 15.1. The van der Waals surface area contributed by atoms with E-state index in [0.29, 0.717) is 0 Å². The van der Waals surface area contributed by atoms with Gasteiger partial charge in [0.05, 0.1) is 5.69 Å². The number of nitrogens with one attached hydrogen (secondary N) is 1. The van der Waals surface area contributed by atoms with Crippen molar-refractivity contribution in [3.05, 3.63) is 27.7 Å². The first-order valence-corrected chi connectivity index (χ1v) is 6.70. The average molecular weight is 297 g/mol. The number of nitrogens with zero attached hydrogens (tertiary/aromatic N) is 1. The molecule has 0 saturated carbocycles. The SMILES string of the molecule is Cc1cc(C)c(NC(=O)N2CCCC2)c(Br)c1. The summed E-state index contributed by atoms with van der Waals surface area (Å²) in [7, 11) is 0. The molecule has 0 radical (unpaired) electrons. The van der Waals surface area contributed by atoms with Crippen LogP contribution in [0, 0.1) is 13.8 Å². The molecule has 0 aliphatic carbocycles. The van der Waals surface area contributed by atoms with Crippen LogP contribution in [0.15, 0.2) is 16.6 Å². The Hall–Kier alpha value is -1.03. The molecule has 0 atom stereocenters. The number of benzene rings is 1. The van der Waals surface area contributed by atoms with E-state index in [1.165, 1.54) is 5.56 Å². The minimum Gasteiger partial charge on any atom is -0.325 e. The number of aryl methyl sites for hydroxylation is 2. The molecule has 92 valence electrons. The third-order valence-corrected chi connectivity index (χ3v) is 3.68. The quantitative estimate of drug-likeness (QED) is 0.842. The number of likely N-dealkylation sites (tertiary alicyclic amines) is 1. The number of carbonyl (C=O) groups is 1. The standard InChI is InChI=1S/C13H17BrN2O/c1-9-7-10(2)12(11(14)8-9)15-13(17)16-5-3-4-6-16/h7-8H,3-6H2,1-2H3,(H,15,17). The molecule has 2 amide bonds. The van der Waals surface area contributed by atoms with Crippen LogP contribution in [0.4, 0.5) is 10.5 Å². The van der Waals surface area contributed by atoms with Crippen LogP contribution >= 0.6 is 15.9 Å². The maximum atomic E-state index is 12.0. The fourth-order valence-electron chi connectivity index (χ4n) is 2.18. The predicted octanol–water partition coefficient (Wildman–Crippen LogP) is 3.69. The van der Waals surface area contributed by atoms with Gasteiger partial charge in [0.1, 0.15) is 0 Å². The van der Waals surface area contributed by atoms with Gasteiger partial charge in [0.15, 0.2) is 0 Å². The molecule has 17 heavy (non-hydrogen) atoms. The summed E-state index contributed by atoms with van der Waals surface area (Å²) in [6, 6.07) is 4.10. The van der Waals surface area contributed by atoms with E-state index in [1.807, 2.05) is 24.8 Å². The van der Waals surface area contributed by atoms with Crippen LogP contribution in [-0.4, -0.2) is 24.0 Å². The molecule has 2 rings (SSSR count). The van der Waals surface area contributed by atoms with Crippen LogP contribution in [0.1, 0.15) is 24.0 Å². The largest absolute Gasteiger partial charge is 0.325 e. The second kappa shape index (κ2) is 5.08. The van der Waals surface area contributed by atoms with E-state index in [4.69, 9.17) is 0 Å². The van der Waals surface area contributed by atoms with Gasteiger partial charge in [-0.05, 0) is 59.8 Å². The molecule has 1 aromatic carbocycles. The third kappa shape index (κ3) is 2.80. The number of urea groups is 1. The zero-order chi connectivity index (χ0) is 12.4. The molecular weight excluding hydrogens is 280 g/mol. The van der Waals surface area contributed by atoms with Gasteiger partial charge in [0.2, 0.25) is 0 Å². The average Bonchev–Trinajstić information content (AvgIpc) is 2.76. The van der Waals surface area contributed by atoms with Gasteiger partial charge in [0.25, 0.3) is 0 Å². The highest BCUT2D eigenvalue weighted by Gasteiger charge is 2.19. The van der Waals surface area contributed by atoms with Crippen molar-refractivity contribution in [3.63, 3.8) is 0 Å². The Morgan fingerprint density at radius 2 is 1.94 bits per heavy atom. The smallest absolute Gasteiger partial charge is 0.321 e. The van der Waals surface area contributed by atoms with Crippen LogP contribution in [-0.2, 0) is 0 Å². The summed E-state index contributed by atoms with van der Waals surface area (Å²) >= 11 is 3.50. The molecule has 1 heterocycles. The Morgan fingerprint density at radius 3 is 2.53 bits per heavy atom. The predicted molar refractivity (Wildman–Crippen MR) is 73.4 cm³/mol. The van der Waals surface area contributed by atoms with Crippen molar-refractivity contribution in [3.8, 4) is 0 Å². The van der Waals surface area contributed by atoms with Crippen molar-refractivity contribution in [1.29, 1.82) is 0 Å². The molecule has 0 bridgehead atoms. The van der Waals surface area contributed by atoms with E-state index in [2.05, 4.69) is 27.3 Å². The van der Waals surface area contributed by atoms with Gasteiger partial charge in [-0.1, -0.05) is 6.07 Å². The van der Waals surface area contributed by atoms with Crippen molar-refractivity contribution in [2.45, 2.75) is 26.7 Å². The number of hydrogen-bond donors (Lipinski definition) is 1. The zero-order valence-corrected chi connectivity index (χ0v) is 11.8. The van der Waals surface area contributed by atoms with E-state index >= 15 is 0 Å². The summed E-state index contributed by atoms with van der Waals surface area (Å²) in [5.41, 5.74) is 3.16. The molecule has 1 fully saturated rings. The molecule has 0 aromatic heterocycles. The monoisotopic (exact) mass is 296 g/mol. The number of amides is 2.